The molecule has 0 unspecified atom stereocenters. The minimum absolute atomic E-state index is 0.860. The summed E-state index contributed by atoms with van der Waals surface area (Å²) in [5, 5.41) is 4.45. The Balaban J connectivity index is 1.90. The van der Waals surface area contributed by atoms with E-state index in [1.165, 1.54) is 12.2 Å². The van der Waals surface area contributed by atoms with Crippen LogP contribution >= 0.6 is 11.8 Å². The van der Waals surface area contributed by atoms with Crippen molar-refractivity contribution in [1.29, 1.82) is 0 Å². The molecule has 0 saturated heterocycles. The zero-order chi connectivity index (χ0) is 10.1. The normalized spacial score (nSPS) is 16.5. The number of aliphatic imine (C=N–C) groups is 1. The first kappa shape index (κ1) is 11.9. The average Bonchev–Trinajstić information content (AvgIpc) is 2.25. The first-order valence-corrected chi connectivity index (χ1v) is 6.41. The van der Waals surface area contributed by atoms with Crippen LogP contribution in [0.2, 0.25) is 0 Å². The van der Waals surface area contributed by atoms with Gasteiger partial charge in [0.2, 0.25) is 0 Å². The molecule has 1 aliphatic heterocycles. The summed E-state index contributed by atoms with van der Waals surface area (Å²) in [6.07, 6.45) is 3.39. The van der Waals surface area contributed by atoms with Crippen LogP contribution in [0.1, 0.15) is 26.2 Å². The Hall–Kier alpha value is -0.220. The summed E-state index contributed by atoms with van der Waals surface area (Å²) in [4.78, 5) is 4.39. The highest BCUT2D eigenvalue weighted by molar-refractivity contribution is 8.13. The van der Waals surface area contributed by atoms with Crippen LogP contribution in [0.3, 0.4) is 0 Å². The molecule has 3 nitrogen and oxygen atoms in total. The van der Waals surface area contributed by atoms with E-state index >= 15 is 0 Å². The lowest BCUT2D eigenvalue weighted by atomic mass is 10.4. The summed E-state index contributed by atoms with van der Waals surface area (Å²) in [5.41, 5.74) is 0. The quantitative estimate of drug-likeness (QED) is 0.688. The fraction of sp³-hybridized carbons (Fsp3) is 0.900. The molecule has 0 aromatic rings. The van der Waals surface area contributed by atoms with Crippen LogP contribution in [0, 0.1) is 0 Å². The van der Waals surface area contributed by atoms with Crippen LogP contribution in [0.15, 0.2) is 4.99 Å². The molecule has 0 saturated carbocycles. The molecule has 4 heteroatoms. The summed E-state index contributed by atoms with van der Waals surface area (Å²) >= 11 is 1.83. The molecule has 0 bridgehead atoms. The first-order chi connectivity index (χ1) is 6.93. The van der Waals surface area contributed by atoms with Crippen molar-refractivity contribution < 1.29 is 4.74 Å². The molecule has 0 aromatic carbocycles. The Kier molecular flexibility index (Phi) is 6.87. The molecule has 0 amide bonds. The lowest BCUT2D eigenvalue weighted by molar-refractivity contribution is 0.133. The summed E-state index contributed by atoms with van der Waals surface area (Å²) < 4.78 is 5.39. The number of rotatable bonds is 6. The Morgan fingerprint density at radius 1 is 1.50 bits per heavy atom. The topological polar surface area (TPSA) is 33.6 Å². The predicted octanol–water partition coefficient (Wildman–Crippen LogP) is 1.89. The predicted molar refractivity (Wildman–Crippen MR) is 63.1 cm³/mol. The SMILES string of the molecule is CCCOCCCNC1=NCCCS1. The molecule has 0 fully saturated rings. The largest absolute Gasteiger partial charge is 0.381 e. The third kappa shape index (κ3) is 5.50. The summed E-state index contributed by atoms with van der Waals surface area (Å²) in [6, 6.07) is 0. The third-order valence-electron chi connectivity index (χ3n) is 1.89. The van der Waals surface area contributed by atoms with E-state index in [0.717, 1.165) is 44.3 Å². The van der Waals surface area contributed by atoms with Crippen LogP contribution in [0.4, 0.5) is 0 Å². The van der Waals surface area contributed by atoms with E-state index in [4.69, 9.17) is 4.74 Å². The van der Waals surface area contributed by atoms with Gasteiger partial charge in [0, 0.05) is 32.1 Å². The van der Waals surface area contributed by atoms with Crippen molar-refractivity contribution in [1.82, 2.24) is 5.32 Å². The Bertz CT molecular complexity index is 174. The van der Waals surface area contributed by atoms with Crippen LogP contribution in [0.25, 0.3) is 0 Å². The Morgan fingerprint density at radius 3 is 3.14 bits per heavy atom. The Morgan fingerprint density at radius 2 is 2.43 bits per heavy atom. The summed E-state index contributed by atoms with van der Waals surface area (Å²) in [6.45, 7) is 5.84. The van der Waals surface area contributed by atoms with Gasteiger partial charge in [-0.15, -0.1) is 0 Å². The number of nitrogens with one attached hydrogen (secondary N) is 1. The number of hydrogen-bond acceptors (Lipinski definition) is 4. The van der Waals surface area contributed by atoms with E-state index in [0.29, 0.717) is 0 Å². The van der Waals surface area contributed by atoms with Crippen molar-refractivity contribution >= 4 is 16.9 Å². The summed E-state index contributed by atoms with van der Waals surface area (Å²) in [7, 11) is 0. The molecule has 0 aromatic heterocycles. The lowest BCUT2D eigenvalue weighted by Gasteiger charge is -2.12. The fourth-order valence-corrected chi connectivity index (χ4v) is 2.04. The maximum absolute atomic E-state index is 5.39. The smallest absolute Gasteiger partial charge is 0.156 e. The van der Waals surface area contributed by atoms with Crippen LogP contribution in [0.5, 0.6) is 0 Å². The number of nitrogens with zero attached hydrogens (tertiary/aromatic N) is 1. The Labute approximate surface area is 90.7 Å². The molecule has 0 spiro atoms. The number of ether oxygens (including phenoxy) is 1. The van der Waals surface area contributed by atoms with Gasteiger partial charge in [-0.05, 0) is 19.3 Å². The zero-order valence-electron chi connectivity index (χ0n) is 8.92. The van der Waals surface area contributed by atoms with Gasteiger partial charge in [0.25, 0.3) is 0 Å². The lowest BCUT2D eigenvalue weighted by Crippen LogP contribution is -2.25. The van der Waals surface area contributed by atoms with Gasteiger partial charge >= 0.3 is 0 Å². The van der Waals surface area contributed by atoms with Gasteiger partial charge in [0.05, 0.1) is 0 Å². The standard InChI is InChI=1S/C10H20N2OS/c1-2-7-13-8-3-5-11-10-12-6-4-9-14-10/h2-9H2,1H3,(H,11,12). The second-order valence-corrected chi connectivity index (χ2v) is 4.37. The van der Waals surface area contributed by atoms with Crippen LogP contribution < -0.4 is 5.32 Å². The van der Waals surface area contributed by atoms with Crippen molar-refractivity contribution in [3.63, 3.8) is 0 Å². The van der Waals surface area contributed by atoms with Crippen LogP contribution in [-0.4, -0.2) is 37.2 Å². The second kappa shape index (κ2) is 8.12. The monoisotopic (exact) mass is 216 g/mol. The maximum Gasteiger partial charge on any atom is 0.156 e. The molecule has 0 atom stereocenters. The molecule has 14 heavy (non-hydrogen) atoms. The number of amidine groups is 1. The van der Waals surface area contributed by atoms with E-state index in [9.17, 15) is 0 Å². The maximum atomic E-state index is 5.39. The van der Waals surface area contributed by atoms with E-state index in [2.05, 4.69) is 17.2 Å². The van der Waals surface area contributed by atoms with E-state index < -0.39 is 0 Å². The highest BCUT2D eigenvalue weighted by Crippen LogP contribution is 2.09. The van der Waals surface area contributed by atoms with Gasteiger partial charge < -0.3 is 10.1 Å². The molecule has 0 radical (unpaired) electrons. The average molecular weight is 216 g/mol. The van der Waals surface area contributed by atoms with E-state index in [1.807, 2.05) is 11.8 Å². The molecular formula is C10H20N2OS. The van der Waals surface area contributed by atoms with Gasteiger partial charge in [0.15, 0.2) is 5.17 Å². The molecular weight excluding hydrogens is 196 g/mol. The van der Waals surface area contributed by atoms with Gasteiger partial charge in [-0.3, -0.25) is 4.99 Å². The van der Waals surface area contributed by atoms with Gasteiger partial charge in [-0.25, -0.2) is 0 Å². The van der Waals surface area contributed by atoms with Crippen LogP contribution in [-0.2, 0) is 4.74 Å². The third-order valence-corrected chi connectivity index (χ3v) is 2.93. The van der Waals surface area contributed by atoms with E-state index in [1.54, 1.807) is 0 Å². The minimum atomic E-state index is 0.860. The van der Waals surface area contributed by atoms with Gasteiger partial charge in [-0.2, -0.15) is 0 Å². The van der Waals surface area contributed by atoms with Gasteiger partial charge in [-0.1, -0.05) is 18.7 Å². The highest BCUT2D eigenvalue weighted by atomic mass is 32.2. The molecule has 82 valence electrons. The zero-order valence-corrected chi connectivity index (χ0v) is 9.74. The number of thioether (sulfide) groups is 1. The fourth-order valence-electron chi connectivity index (χ4n) is 1.18. The van der Waals surface area contributed by atoms with Crippen molar-refractivity contribution in [2.45, 2.75) is 26.2 Å². The molecule has 1 heterocycles. The minimum Gasteiger partial charge on any atom is -0.381 e. The molecule has 1 rings (SSSR count). The van der Waals surface area contributed by atoms with Crippen molar-refractivity contribution in [2.75, 3.05) is 32.1 Å². The van der Waals surface area contributed by atoms with Crippen molar-refractivity contribution in [2.24, 2.45) is 4.99 Å². The molecule has 1 aliphatic rings. The highest BCUT2D eigenvalue weighted by Gasteiger charge is 2.03. The molecule has 0 aliphatic carbocycles. The van der Waals surface area contributed by atoms with E-state index in [-0.39, 0.29) is 0 Å². The molecule has 1 N–H and O–H groups in total. The second-order valence-electron chi connectivity index (χ2n) is 3.28. The first-order valence-electron chi connectivity index (χ1n) is 5.42. The number of hydrogen-bond donors (Lipinski definition) is 1. The summed E-state index contributed by atoms with van der Waals surface area (Å²) in [5.74, 6) is 1.21. The van der Waals surface area contributed by atoms with Crippen molar-refractivity contribution in [3.8, 4) is 0 Å². The van der Waals surface area contributed by atoms with Crippen molar-refractivity contribution in [3.05, 3.63) is 0 Å². The van der Waals surface area contributed by atoms with Gasteiger partial charge in [0.1, 0.15) is 0 Å².